The third-order valence-corrected chi connectivity index (χ3v) is 13.7. The summed E-state index contributed by atoms with van der Waals surface area (Å²) in [6.07, 6.45) is 56.6. The largest absolute Gasteiger partial charge is 0.462 e. The van der Waals surface area contributed by atoms with Crippen molar-refractivity contribution in [3.63, 3.8) is 0 Å². The normalized spacial score (nSPS) is 12.4. The summed E-state index contributed by atoms with van der Waals surface area (Å²) < 4.78 is 16.9. The first-order valence-corrected chi connectivity index (χ1v) is 28.9. The van der Waals surface area contributed by atoms with Gasteiger partial charge in [-0.2, -0.15) is 0 Å². The number of hydrogen-bond donors (Lipinski definition) is 0. The maximum Gasteiger partial charge on any atom is 0.306 e. The molecule has 2 atom stereocenters. The molecule has 0 rings (SSSR count). The SMILES string of the molecule is CCCCCCCCCCCCCCCCCCCC(=O)OC[C@H](COC(=O)CCCCCCCCCCCCC)OC(=O)CCCCCCCCCCCCCCCCC(C)CC. The van der Waals surface area contributed by atoms with Crippen molar-refractivity contribution >= 4 is 17.9 Å². The maximum absolute atomic E-state index is 12.8. The molecular formula is C58H112O6. The van der Waals surface area contributed by atoms with Crippen LogP contribution in [0.3, 0.4) is 0 Å². The molecule has 0 aromatic rings. The molecule has 0 radical (unpaired) electrons. The van der Waals surface area contributed by atoms with E-state index in [1.54, 1.807) is 0 Å². The van der Waals surface area contributed by atoms with Gasteiger partial charge in [0.25, 0.3) is 0 Å². The molecule has 6 nitrogen and oxygen atoms in total. The molecule has 380 valence electrons. The van der Waals surface area contributed by atoms with E-state index in [1.165, 1.54) is 225 Å². The number of carbonyl (C=O) groups excluding carboxylic acids is 3. The fraction of sp³-hybridized carbons (Fsp3) is 0.948. The number of ether oxygens (including phenoxy) is 3. The molecule has 0 spiro atoms. The topological polar surface area (TPSA) is 78.9 Å². The standard InChI is InChI=1S/C58H112O6/c1-5-8-10-12-14-16-18-19-20-21-22-26-30-34-38-42-46-50-57(60)63-53-55(52-62-56(59)49-45-41-37-33-28-17-15-13-11-9-6-2)64-58(61)51-47-43-39-35-31-27-24-23-25-29-32-36-40-44-48-54(4)7-3/h54-55H,5-53H2,1-4H3/t54?,55-/m0/s1. The third kappa shape index (κ3) is 49.8. The van der Waals surface area contributed by atoms with Crippen LogP contribution in [-0.4, -0.2) is 37.2 Å². The molecule has 0 aromatic heterocycles. The fourth-order valence-corrected chi connectivity index (χ4v) is 8.89. The van der Waals surface area contributed by atoms with Crippen LogP contribution in [0.1, 0.15) is 329 Å². The average Bonchev–Trinajstić information content (AvgIpc) is 3.29. The maximum atomic E-state index is 12.8. The predicted molar refractivity (Wildman–Crippen MR) is 275 cm³/mol. The van der Waals surface area contributed by atoms with Crippen molar-refractivity contribution in [2.75, 3.05) is 13.2 Å². The van der Waals surface area contributed by atoms with E-state index in [4.69, 9.17) is 14.2 Å². The Morgan fingerprint density at radius 3 is 0.812 bits per heavy atom. The Balaban J connectivity index is 4.26. The van der Waals surface area contributed by atoms with Gasteiger partial charge in [-0.25, -0.2) is 0 Å². The number of carbonyl (C=O) groups is 3. The van der Waals surface area contributed by atoms with Gasteiger partial charge in [-0.05, 0) is 25.2 Å². The van der Waals surface area contributed by atoms with Crippen molar-refractivity contribution in [2.45, 2.75) is 336 Å². The molecule has 1 unspecified atom stereocenters. The first-order valence-electron chi connectivity index (χ1n) is 28.9. The highest BCUT2D eigenvalue weighted by molar-refractivity contribution is 5.71. The quantitative estimate of drug-likeness (QED) is 0.0344. The Hall–Kier alpha value is -1.59. The lowest BCUT2D eigenvalue weighted by molar-refractivity contribution is -0.167. The van der Waals surface area contributed by atoms with E-state index in [9.17, 15) is 14.4 Å². The Kier molecular flexibility index (Phi) is 51.1. The minimum Gasteiger partial charge on any atom is -0.462 e. The summed E-state index contributed by atoms with van der Waals surface area (Å²) in [5.74, 6) is 0.0580. The van der Waals surface area contributed by atoms with Crippen LogP contribution in [0, 0.1) is 5.92 Å². The molecule has 64 heavy (non-hydrogen) atoms. The second kappa shape index (κ2) is 52.4. The van der Waals surface area contributed by atoms with Crippen LogP contribution in [0.2, 0.25) is 0 Å². The Morgan fingerprint density at radius 1 is 0.312 bits per heavy atom. The van der Waals surface area contributed by atoms with Gasteiger partial charge < -0.3 is 14.2 Å². The smallest absolute Gasteiger partial charge is 0.306 e. The summed E-state index contributed by atoms with van der Waals surface area (Å²) >= 11 is 0. The van der Waals surface area contributed by atoms with Gasteiger partial charge in [0.05, 0.1) is 0 Å². The third-order valence-electron chi connectivity index (χ3n) is 13.7. The monoisotopic (exact) mass is 905 g/mol. The minimum absolute atomic E-state index is 0.0619. The highest BCUT2D eigenvalue weighted by Crippen LogP contribution is 2.18. The molecule has 0 saturated heterocycles. The van der Waals surface area contributed by atoms with Gasteiger partial charge in [0.15, 0.2) is 6.10 Å². The van der Waals surface area contributed by atoms with E-state index < -0.39 is 6.10 Å². The molecule has 0 fully saturated rings. The molecule has 0 aliphatic heterocycles. The lowest BCUT2D eigenvalue weighted by Gasteiger charge is -2.18. The van der Waals surface area contributed by atoms with E-state index in [2.05, 4.69) is 27.7 Å². The lowest BCUT2D eigenvalue weighted by Crippen LogP contribution is -2.30. The van der Waals surface area contributed by atoms with Crippen molar-refractivity contribution in [1.82, 2.24) is 0 Å². The minimum atomic E-state index is -0.761. The van der Waals surface area contributed by atoms with Crippen molar-refractivity contribution in [3.8, 4) is 0 Å². The van der Waals surface area contributed by atoms with Crippen molar-refractivity contribution in [3.05, 3.63) is 0 Å². The van der Waals surface area contributed by atoms with Crippen molar-refractivity contribution in [2.24, 2.45) is 5.92 Å². The highest BCUT2D eigenvalue weighted by Gasteiger charge is 2.19. The van der Waals surface area contributed by atoms with Crippen LogP contribution in [0.4, 0.5) is 0 Å². The second-order valence-corrected chi connectivity index (χ2v) is 20.2. The molecule has 0 N–H and O–H groups in total. The summed E-state index contributed by atoms with van der Waals surface area (Å²) in [5, 5.41) is 0. The van der Waals surface area contributed by atoms with E-state index in [-0.39, 0.29) is 31.1 Å². The fourth-order valence-electron chi connectivity index (χ4n) is 8.89. The Labute approximate surface area is 399 Å². The Bertz CT molecular complexity index is 966. The number of unbranched alkanes of at least 4 members (excludes halogenated alkanes) is 39. The molecule has 6 heteroatoms. The summed E-state index contributed by atoms with van der Waals surface area (Å²) in [6.45, 7) is 9.09. The van der Waals surface area contributed by atoms with Crippen LogP contribution in [0.5, 0.6) is 0 Å². The van der Waals surface area contributed by atoms with Gasteiger partial charge in [-0.3, -0.25) is 14.4 Å². The zero-order chi connectivity index (χ0) is 46.7. The van der Waals surface area contributed by atoms with Crippen LogP contribution < -0.4 is 0 Å². The summed E-state index contributed by atoms with van der Waals surface area (Å²) in [5.41, 5.74) is 0. The van der Waals surface area contributed by atoms with E-state index in [0.717, 1.165) is 63.7 Å². The molecular weight excluding hydrogens is 793 g/mol. The summed E-state index contributed by atoms with van der Waals surface area (Å²) in [7, 11) is 0. The molecule has 0 aromatic carbocycles. The highest BCUT2D eigenvalue weighted by atomic mass is 16.6. The van der Waals surface area contributed by atoms with Gasteiger partial charge in [0.2, 0.25) is 0 Å². The number of hydrogen-bond acceptors (Lipinski definition) is 6. The molecule has 0 aliphatic carbocycles. The Morgan fingerprint density at radius 2 is 0.547 bits per heavy atom. The second-order valence-electron chi connectivity index (χ2n) is 20.2. The number of rotatable bonds is 53. The zero-order valence-corrected chi connectivity index (χ0v) is 43.8. The molecule has 0 bridgehead atoms. The van der Waals surface area contributed by atoms with Crippen LogP contribution in [-0.2, 0) is 28.6 Å². The van der Waals surface area contributed by atoms with Gasteiger partial charge >= 0.3 is 17.9 Å². The first-order chi connectivity index (χ1) is 31.4. The van der Waals surface area contributed by atoms with E-state index >= 15 is 0 Å². The van der Waals surface area contributed by atoms with Crippen molar-refractivity contribution < 1.29 is 28.6 Å². The molecule has 0 saturated carbocycles. The van der Waals surface area contributed by atoms with Crippen LogP contribution in [0.15, 0.2) is 0 Å². The van der Waals surface area contributed by atoms with Gasteiger partial charge in [0.1, 0.15) is 13.2 Å². The zero-order valence-electron chi connectivity index (χ0n) is 43.8. The van der Waals surface area contributed by atoms with E-state index in [0.29, 0.717) is 19.3 Å². The molecule has 0 aliphatic rings. The average molecular weight is 906 g/mol. The lowest BCUT2D eigenvalue weighted by atomic mass is 9.99. The van der Waals surface area contributed by atoms with Gasteiger partial charge in [-0.15, -0.1) is 0 Å². The first kappa shape index (κ1) is 62.4. The molecule has 0 heterocycles. The summed E-state index contributed by atoms with van der Waals surface area (Å²) in [6, 6.07) is 0. The van der Waals surface area contributed by atoms with Crippen molar-refractivity contribution in [1.29, 1.82) is 0 Å². The predicted octanol–water partition coefficient (Wildman–Crippen LogP) is 19.0. The van der Waals surface area contributed by atoms with Crippen LogP contribution in [0.25, 0.3) is 0 Å². The summed E-state index contributed by atoms with van der Waals surface area (Å²) in [4.78, 5) is 38.1. The number of esters is 3. The molecule has 0 amide bonds. The van der Waals surface area contributed by atoms with E-state index in [1.807, 2.05) is 0 Å². The van der Waals surface area contributed by atoms with Gasteiger partial charge in [0, 0.05) is 19.3 Å². The van der Waals surface area contributed by atoms with Gasteiger partial charge in [-0.1, -0.05) is 291 Å². The van der Waals surface area contributed by atoms with Crippen LogP contribution >= 0.6 is 0 Å².